The zero-order chi connectivity index (χ0) is 12.8. The van der Waals surface area contributed by atoms with Gasteiger partial charge in [0.15, 0.2) is 0 Å². The maximum Gasteiger partial charge on any atom is 0.0438 e. The lowest BCUT2D eigenvalue weighted by atomic mass is 9.84. The quantitative estimate of drug-likeness (QED) is 0.630. The molecule has 0 spiro atoms. The highest BCUT2D eigenvalue weighted by Crippen LogP contribution is 2.28. The van der Waals surface area contributed by atoms with Gasteiger partial charge in [0.2, 0.25) is 0 Å². The average Bonchev–Trinajstić information content (AvgIpc) is 2.41. The number of hydrogen-bond acceptors (Lipinski definition) is 2. The molecule has 1 aromatic carbocycles. The molecular formula is C15H23ClN2. The molecule has 1 fully saturated rings. The molecule has 3 heteroatoms. The molecule has 1 aromatic rings. The van der Waals surface area contributed by atoms with Gasteiger partial charge in [0.1, 0.15) is 0 Å². The Bertz CT molecular complexity index is 361. The van der Waals surface area contributed by atoms with E-state index in [1.807, 2.05) is 18.2 Å². The van der Waals surface area contributed by atoms with Crippen LogP contribution in [0.5, 0.6) is 0 Å². The van der Waals surface area contributed by atoms with Crippen LogP contribution < -0.4 is 11.3 Å². The van der Waals surface area contributed by atoms with Gasteiger partial charge in [0.05, 0.1) is 0 Å². The molecule has 0 amide bonds. The van der Waals surface area contributed by atoms with Crippen LogP contribution in [0.4, 0.5) is 0 Å². The monoisotopic (exact) mass is 266 g/mol. The highest BCUT2D eigenvalue weighted by molar-refractivity contribution is 6.31. The molecule has 0 heterocycles. The Morgan fingerprint density at radius 2 is 1.94 bits per heavy atom. The molecule has 0 bridgehead atoms. The number of rotatable bonds is 5. The lowest BCUT2D eigenvalue weighted by Crippen LogP contribution is -2.38. The first-order chi connectivity index (χ1) is 8.79. The minimum absolute atomic E-state index is 0.341. The van der Waals surface area contributed by atoms with Crippen molar-refractivity contribution in [2.24, 2.45) is 11.8 Å². The van der Waals surface area contributed by atoms with E-state index in [1.165, 1.54) is 44.1 Å². The molecule has 0 radical (unpaired) electrons. The van der Waals surface area contributed by atoms with Gasteiger partial charge in [0, 0.05) is 11.1 Å². The Kier molecular flexibility index (Phi) is 5.48. The van der Waals surface area contributed by atoms with Crippen molar-refractivity contribution in [1.82, 2.24) is 5.43 Å². The highest BCUT2D eigenvalue weighted by atomic mass is 35.5. The fraction of sp³-hybridized carbons (Fsp3) is 0.600. The van der Waals surface area contributed by atoms with Crippen LogP contribution in [0.3, 0.4) is 0 Å². The fourth-order valence-electron chi connectivity index (χ4n) is 2.96. The summed E-state index contributed by atoms with van der Waals surface area (Å²) in [4.78, 5) is 0. The van der Waals surface area contributed by atoms with Gasteiger partial charge in [0.25, 0.3) is 0 Å². The summed E-state index contributed by atoms with van der Waals surface area (Å²) in [6, 6.07) is 8.39. The van der Waals surface area contributed by atoms with Crippen LogP contribution in [-0.4, -0.2) is 6.04 Å². The molecule has 100 valence electrons. The van der Waals surface area contributed by atoms with Crippen LogP contribution >= 0.6 is 11.6 Å². The SMILES string of the molecule is NNC(Cc1ccccc1Cl)CC1CCCCC1. The van der Waals surface area contributed by atoms with Crippen molar-refractivity contribution in [1.29, 1.82) is 0 Å². The van der Waals surface area contributed by atoms with Gasteiger partial charge in [-0.3, -0.25) is 11.3 Å². The number of hydrogen-bond donors (Lipinski definition) is 2. The first kappa shape index (κ1) is 13.9. The maximum absolute atomic E-state index is 6.20. The zero-order valence-corrected chi connectivity index (χ0v) is 11.6. The van der Waals surface area contributed by atoms with Crippen molar-refractivity contribution in [3.63, 3.8) is 0 Å². The number of hydrazine groups is 1. The van der Waals surface area contributed by atoms with Crippen molar-refractivity contribution in [2.75, 3.05) is 0 Å². The molecule has 1 unspecified atom stereocenters. The normalized spacial score (nSPS) is 18.8. The van der Waals surface area contributed by atoms with Gasteiger partial charge in [-0.15, -0.1) is 0 Å². The second-order valence-electron chi connectivity index (χ2n) is 5.40. The lowest BCUT2D eigenvalue weighted by molar-refractivity contribution is 0.298. The first-order valence-corrected chi connectivity index (χ1v) is 7.37. The van der Waals surface area contributed by atoms with Crippen LogP contribution in [-0.2, 0) is 6.42 Å². The third-order valence-corrected chi connectivity index (χ3v) is 4.37. The summed E-state index contributed by atoms with van der Waals surface area (Å²) in [5, 5.41) is 0.849. The van der Waals surface area contributed by atoms with Gasteiger partial charge in [-0.2, -0.15) is 0 Å². The van der Waals surface area contributed by atoms with E-state index in [0.717, 1.165) is 17.4 Å². The van der Waals surface area contributed by atoms with E-state index in [-0.39, 0.29) is 0 Å². The summed E-state index contributed by atoms with van der Waals surface area (Å²) < 4.78 is 0. The van der Waals surface area contributed by atoms with Crippen LogP contribution in [0.2, 0.25) is 5.02 Å². The van der Waals surface area contributed by atoms with E-state index >= 15 is 0 Å². The molecule has 3 N–H and O–H groups in total. The number of nitrogens with two attached hydrogens (primary N) is 1. The van der Waals surface area contributed by atoms with E-state index in [4.69, 9.17) is 17.4 Å². The predicted octanol–water partition coefficient (Wildman–Crippen LogP) is 3.68. The fourth-order valence-corrected chi connectivity index (χ4v) is 3.18. The Morgan fingerprint density at radius 3 is 2.61 bits per heavy atom. The molecule has 1 saturated carbocycles. The average molecular weight is 267 g/mol. The molecule has 2 rings (SSSR count). The van der Waals surface area contributed by atoms with Crippen molar-refractivity contribution in [3.05, 3.63) is 34.9 Å². The van der Waals surface area contributed by atoms with Crippen LogP contribution in [0.15, 0.2) is 24.3 Å². The smallest absolute Gasteiger partial charge is 0.0438 e. The van der Waals surface area contributed by atoms with E-state index in [0.29, 0.717) is 6.04 Å². The van der Waals surface area contributed by atoms with E-state index in [1.54, 1.807) is 0 Å². The van der Waals surface area contributed by atoms with Crippen molar-refractivity contribution >= 4 is 11.6 Å². The minimum Gasteiger partial charge on any atom is -0.271 e. The van der Waals surface area contributed by atoms with E-state index in [9.17, 15) is 0 Å². The van der Waals surface area contributed by atoms with E-state index < -0.39 is 0 Å². The second-order valence-corrected chi connectivity index (χ2v) is 5.81. The Labute approximate surface area is 115 Å². The standard InChI is InChI=1S/C15H23ClN2/c16-15-9-5-4-8-13(15)11-14(18-17)10-12-6-2-1-3-7-12/h4-5,8-9,12,14,18H,1-3,6-7,10-11,17H2. The second kappa shape index (κ2) is 7.13. The molecule has 2 nitrogen and oxygen atoms in total. The third kappa shape index (κ3) is 3.98. The summed E-state index contributed by atoms with van der Waals surface area (Å²) >= 11 is 6.20. The number of halogens is 1. The summed E-state index contributed by atoms with van der Waals surface area (Å²) in [5.41, 5.74) is 4.16. The minimum atomic E-state index is 0.341. The molecule has 0 aliphatic heterocycles. The largest absolute Gasteiger partial charge is 0.271 e. The maximum atomic E-state index is 6.20. The van der Waals surface area contributed by atoms with Crippen LogP contribution in [0.25, 0.3) is 0 Å². The van der Waals surface area contributed by atoms with Crippen molar-refractivity contribution < 1.29 is 0 Å². The molecule has 0 saturated heterocycles. The molecule has 0 aromatic heterocycles. The summed E-state index contributed by atoms with van der Waals surface area (Å²) in [6.07, 6.45) is 8.99. The van der Waals surface area contributed by atoms with Crippen molar-refractivity contribution in [2.45, 2.75) is 51.0 Å². The summed E-state index contributed by atoms with van der Waals surface area (Å²) in [6.45, 7) is 0. The lowest BCUT2D eigenvalue weighted by Gasteiger charge is -2.26. The Morgan fingerprint density at radius 1 is 1.22 bits per heavy atom. The molecule has 1 atom stereocenters. The molecule has 1 aliphatic rings. The summed E-state index contributed by atoms with van der Waals surface area (Å²) in [7, 11) is 0. The third-order valence-electron chi connectivity index (χ3n) is 4.00. The predicted molar refractivity (Wildman–Crippen MR) is 77.5 cm³/mol. The zero-order valence-electron chi connectivity index (χ0n) is 10.9. The van der Waals surface area contributed by atoms with Gasteiger partial charge < -0.3 is 0 Å². The summed E-state index contributed by atoms with van der Waals surface area (Å²) in [5.74, 6) is 6.53. The molecular weight excluding hydrogens is 244 g/mol. The van der Waals surface area contributed by atoms with Crippen molar-refractivity contribution in [3.8, 4) is 0 Å². The Balaban J connectivity index is 1.90. The molecule has 18 heavy (non-hydrogen) atoms. The number of nitrogens with one attached hydrogen (secondary N) is 1. The van der Waals surface area contributed by atoms with Gasteiger partial charge in [-0.25, -0.2) is 0 Å². The van der Waals surface area contributed by atoms with Crippen LogP contribution in [0.1, 0.15) is 44.1 Å². The first-order valence-electron chi connectivity index (χ1n) is 6.99. The Hall–Kier alpha value is -0.570. The van der Waals surface area contributed by atoms with Crippen LogP contribution in [0, 0.1) is 5.92 Å². The number of benzene rings is 1. The molecule has 1 aliphatic carbocycles. The van der Waals surface area contributed by atoms with Gasteiger partial charge >= 0.3 is 0 Å². The van der Waals surface area contributed by atoms with Gasteiger partial charge in [-0.1, -0.05) is 61.9 Å². The van der Waals surface area contributed by atoms with Gasteiger partial charge in [-0.05, 0) is 30.4 Å². The highest BCUT2D eigenvalue weighted by Gasteiger charge is 2.19. The topological polar surface area (TPSA) is 38.0 Å². The van der Waals surface area contributed by atoms with E-state index in [2.05, 4.69) is 11.5 Å².